The minimum absolute atomic E-state index is 0.0591. The molecular weight excluding hydrogens is 262 g/mol. The van der Waals surface area contributed by atoms with E-state index in [1.54, 1.807) is 4.90 Å². The first-order valence-electron chi connectivity index (χ1n) is 6.85. The van der Waals surface area contributed by atoms with Crippen LogP contribution in [-0.4, -0.2) is 61.4 Å². The van der Waals surface area contributed by atoms with Gasteiger partial charge in [-0.15, -0.1) is 0 Å². The van der Waals surface area contributed by atoms with Gasteiger partial charge in [-0.25, -0.2) is 4.79 Å². The average Bonchev–Trinajstić information content (AvgIpc) is 2.74. The predicted octanol–water partition coefficient (Wildman–Crippen LogP) is 0.0873. The fourth-order valence-electron chi connectivity index (χ4n) is 1.93. The number of hydrogen-bond donors (Lipinski definition) is 2. The first-order chi connectivity index (χ1) is 9.28. The van der Waals surface area contributed by atoms with Crippen LogP contribution in [0.1, 0.15) is 27.2 Å². The monoisotopic (exact) mass is 287 g/mol. The Morgan fingerprint density at radius 1 is 1.40 bits per heavy atom. The molecule has 1 saturated heterocycles. The first-order valence-corrected chi connectivity index (χ1v) is 6.85. The van der Waals surface area contributed by atoms with Gasteiger partial charge in [0.2, 0.25) is 5.91 Å². The third-order valence-corrected chi connectivity index (χ3v) is 2.76. The number of ether oxygens (including phenoxy) is 2. The molecule has 0 spiro atoms. The molecule has 7 heteroatoms. The molecule has 0 aromatic heterocycles. The van der Waals surface area contributed by atoms with Crippen molar-refractivity contribution >= 4 is 12.0 Å². The molecule has 0 aliphatic carbocycles. The predicted molar refractivity (Wildman–Crippen MR) is 74.2 cm³/mol. The minimum atomic E-state index is -0.470. The van der Waals surface area contributed by atoms with Crippen molar-refractivity contribution < 1.29 is 19.1 Å². The molecule has 116 valence electrons. The molecule has 3 N–H and O–H groups in total. The second-order valence-electron chi connectivity index (χ2n) is 5.88. The standard InChI is InChI=1S/C13H25N3O4/c1-13(2,3)20-12(18)16-6-4-10(8-16)15-5-7-19-9-11(14)17/h10,15H,4-9H2,1-3H3,(H2,14,17). The summed E-state index contributed by atoms with van der Waals surface area (Å²) in [5.41, 5.74) is 4.49. The van der Waals surface area contributed by atoms with Gasteiger partial charge in [-0.2, -0.15) is 0 Å². The second kappa shape index (κ2) is 7.44. The smallest absolute Gasteiger partial charge is 0.410 e. The van der Waals surface area contributed by atoms with Crippen molar-refractivity contribution in [2.45, 2.75) is 38.8 Å². The van der Waals surface area contributed by atoms with Crippen molar-refractivity contribution in [1.82, 2.24) is 10.2 Å². The molecule has 0 aromatic carbocycles. The average molecular weight is 287 g/mol. The number of nitrogens with two attached hydrogens (primary N) is 1. The summed E-state index contributed by atoms with van der Waals surface area (Å²) in [6.45, 7) is 7.87. The third kappa shape index (κ3) is 6.72. The van der Waals surface area contributed by atoms with E-state index in [1.807, 2.05) is 20.8 Å². The van der Waals surface area contributed by atoms with Crippen LogP contribution >= 0.6 is 0 Å². The van der Waals surface area contributed by atoms with Crippen LogP contribution in [0.25, 0.3) is 0 Å². The molecule has 0 saturated carbocycles. The van der Waals surface area contributed by atoms with Gasteiger partial charge < -0.3 is 25.4 Å². The fraction of sp³-hybridized carbons (Fsp3) is 0.846. The minimum Gasteiger partial charge on any atom is -0.444 e. The lowest BCUT2D eigenvalue weighted by Crippen LogP contribution is -2.39. The van der Waals surface area contributed by atoms with Crippen molar-refractivity contribution in [3.05, 3.63) is 0 Å². The molecule has 1 heterocycles. The van der Waals surface area contributed by atoms with E-state index in [9.17, 15) is 9.59 Å². The highest BCUT2D eigenvalue weighted by Crippen LogP contribution is 2.15. The second-order valence-corrected chi connectivity index (χ2v) is 5.88. The van der Waals surface area contributed by atoms with Crippen molar-refractivity contribution in [2.75, 3.05) is 32.8 Å². The lowest BCUT2D eigenvalue weighted by Gasteiger charge is -2.24. The number of nitrogens with one attached hydrogen (secondary N) is 1. The Morgan fingerprint density at radius 2 is 2.10 bits per heavy atom. The Morgan fingerprint density at radius 3 is 2.70 bits per heavy atom. The molecule has 7 nitrogen and oxygen atoms in total. The van der Waals surface area contributed by atoms with Crippen LogP contribution in [0.15, 0.2) is 0 Å². The van der Waals surface area contributed by atoms with E-state index in [2.05, 4.69) is 5.32 Å². The van der Waals surface area contributed by atoms with Gasteiger partial charge in [0.1, 0.15) is 12.2 Å². The van der Waals surface area contributed by atoms with E-state index in [1.165, 1.54) is 0 Å². The highest BCUT2D eigenvalue weighted by atomic mass is 16.6. The molecule has 0 bridgehead atoms. The number of nitrogens with zero attached hydrogens (tertiary/aromatic N) is 1. The van der Waals surface area contributed by atoms with Gasteiger partial charge in [-0.3, -0.25) is 4.79 Å². The Balaban J connectivity index is 2.16. The van der Waals surface area contributed by atoms with Gasteiger partial charge in [0.25, 0.3) is 0 Å². The topological polar surface area (TPSA) is 93.9 Å². The lowest BCUT2D eigenvalue weighted by atomic mass is 10.2. The number of carbonyl (C=O) groups is 2. The summed E-state index contributed by atoms with van der Waals surface area (Å²) < 4.78 is 10.4. The molecular formula is C13H25N3O4. The maximum atomic E-state index is 11.9. The molecule has 2 amide bonds. The summed E-state index contributed by atoms with van der Waals surface area (Å²) in [5.74, 6) is -0.470. The Hall–Kier alpha value is -1.34. The summed E-state index contributed by atoms with van der Waals surface area (Å²) in [7, 11) is 0. The van der Waals surface area contributed by atoms with Crippen molar-refractivity contribution in [3.63, 3.8) is 0 Å². The zero-order valence-corrected chi connectivity index (χ0v) is 12.5. The molecule has 1 aliphatic rings. The SMILES string of the molecule is CC(C)(C)OC(=O)N1CCC(NCCOCC(N)=O)C1. The number of likely N-dealkylation sites (tertiary alicyclic amines) is 1. The Bertz CT molecular complexity index is 341. The number of amides is 2. The van der Waals surface area contributed by atoms with Crippen LogP contribution in [0.2, 0.25) is 0 Å². The molecule has 1 aliphatic heterocycles. The number of carbonyl (C=O) groups excluding carboxylic acids is 2. The van der Waals surface area contributed by atoms with Crippen molar-refractivity contribution in [2.24, 2.45) is 5.73 Å². The Kier molecular flexibility index (Phi) is 6.22. The summed E-state index contributed by atoms with van der Waals surface area (Å²) >= 11 is 0. The number of hydrogen-bond acceptors (Lipinski definition) is 5. The summed E-state index contributed by atoms with van der Waals surface area (Å²) in [6.07, 6.45) is 0.612. The van der Waals surface area contributed by atoms with E-state index >= 15 is 0 Å². The normalized spacial score (nSPS) is 19.1. The van der Waals surface area contributed by atoms with Gasteiger partial charge in [-0.1, -0.05) is 0 Å². The van der Waals surface area contributed by atoms with Gasteiger partial charge in [0.05, 0.1) is 6.61 Å². The molecule has 1 fully saturated rings. The highest BCUT2D eigenvalue weighted by molar-refractivity contribution is 5.74. The quantitative estimate of drug-likeness (QED) is 0.675. The van der Waals surface area contributed by atoms with Gasteiger partial charge in [0.15, 0.2) is 0 Å². The fourth-order valence-corrected chi connectivity index (χ4v) is 1.93. The van der Waals surface area contributed by atoms with Crippen molar-refractivity contribution in [3.8, 4) is 0 Å². The van der Waals surface area contributed by atoms with Crippen LogP contribution in [0.3, 0.4) is 0 Å². The van der Waals surface area contributed by atoms with Crippen LogP contribution in [0.5, 0.6) is 0 Å². The van der Waals surface area contributed by atoms with E-state index in [0.717, 1.165) is 6.42 Å². The summed E-state index contributed by atoms with van der Waals surface area (Å²) in [5, 5.41) is 3.28. The summed E-state index contributed by atoms with van der Waals surface area (Å²) in [6, 6.07) is 0.236. The van der Waals surface area contributed by atoms with E-state index in [4.69, 9.17) is 15.2 Å². The molecule has 1 atom stereocenters. The molecule has 1 unspecified atom stereocenters. The largest absolute Gasteiger partial charge is 0.444 e. The summed E-state index contributed by atoms with van der Waals surface area (Å²) in [4.78, 5) is 24.0. The molecule has 0 aromatic rings. The number of rotatable bonds is 6. The van der Waals surface area contributed by atoms with Gasteiger partial charge >= 0.3 is 6.09 Å². The third-order valence-electron chi connectivity index (χ3n) is 2.76. The number of primary amides is 1. The molecule has 20 heavy (non-hydrogen) atoms. The van der Waals surface area contributed by atoms with Gasteiger partial charge in [0, 0.05) is 25.7 Å². The van der Waals surface area contributed by atoms with Crippen molar-refractivity contribution in [1.29, 1.82) is 0 Å². The van der Waals surface area contributed by atoms with Crippen LogP contribution < -0.4 is 11.1 Å². The van der Waals surface area contributed by atoms with E-state index in [0.29, 0.717) is 26.2 Å². The van der Waals surface area contributed by atoms with Crippen LogP contribution in [0, 0.1) is 0 Å². The molecule has 1 rings (SSSR count). The maximum Gasteiger partial charge on any atom is 0.410 e. The van der Waals surface area contributed by atoms with Gasteiger partial charge in [-0.05, 0) is 27.2 Å². The Labute approximate surface area is 119 Å². The van der Waals surface area contributed by atoms with E-state index in [-0.39, 0.29) is 18.7 Å². The van der Waals surface area contributed by atoms with Crippen LogP contribution in [0.4, 0.5) is 4.79 Å². The first kappa shape index (κ1) is 16.7. The maximum absolute atomic E-state index is 11.9. The zero-order chi connectivity index (χ0) is 15.2. The molecule has 0 radical (unpaired) electrons. The highest BCUT2D eigenvalue weighted by Gasteiger charge is 2.29. The van der Waals surface area contributed by atoms with E-state index < -0.39 is 11.5 Å². The zero-order valence-electron chi connectivity index (χ0n) is 12.5. The lowest BCUT2D eigenvalue weighted by molar-refractivity contribution is -0.122. The van der Waals surface area contributed by atoms with Crippen LogP contribution in [-0.2, 0) is 14.3 Å².